The van der Waals surface area contributed by atoms with E-state index in [1.54, 1.807) is 38.1 Å². The minimum Gasteiger partial charge on any atom is -0.383 e. The number of hydrogen-bond donors (Lipinski definition) is 2. The molecule has 2 aromatic rings. The third kappa shape index (κ3) is 3.64. The number of benzene rings is 1. The second kappa shape index (κ2) is 6.17. The maximum atomic E-state index is 12.1. The van der Waals surface area contributed by atoms with Crippen molar-refractivity contribution in [2.45, 2.75) is 24.3 Å². The summed E-state index contributed by atoms with van der Waals surface area (Å²) in [6.07, 6.45) is 0. The summed E-state index contributed by atoms with van der Waals surface area (Å²) in [5, 5.41) is 15.4. The molecule has 0 aliphatic rings. The number of sulfone groups is 1. The van der Waals surface area contributed by atoms with Gasteiger partial charge < -0.3 is 10.4 Å². The average molecular weight is 325 g/mol. The van der Waals surface area contributed by atoms with E-state index in [9.17, 15) is 13.5 Å². The van der Waals surface area contributed by atoms with Crippen LogP contribution in [0.2, 0.25) is 0 Å². The van der Waals surface area contributed by atoms with Crippen LogP contribution >= 0.6 is 11.3 Å². The molecule has 1 atom stereocenters. The van der Waals surface area contributed by atoms with Crippen LogP contribution in [0.1, 0.15) is 18.7 Å². The predicted molar refractivity (Wildman–Crippen MR) is 86.5 cm³/mol. The Kier molecular flexibility index (Phi) is 4.70. The number of aliphatic hydroxyl groups is 1. The lowest BCUT2D eigenvalue weighted by atomic mass is 10.1. The quantitative estimate of drug-likeness (QED) is 0.857. The Bertz CT molecular complexity index is 691. The zero-order valence-electron chi connectivity index (χ0n) is 12.0. The SMILES string of the molecule is CCS(=O)(=O)c1ccccc1NC[C@@](C)(O)c1cccs1. The van der Waals surface area contributed by atoms with E-state index in [4.69, 9.17) is 0 Å². The third-order valence-corrected chi connectivity index (χ3v) is 6.19. The van der Waals surface area contributed by atoms with Crippen LogP contribution in [0.3, 0.4) is 0 Å². The molecule has 2 N–H and O–H groups in total. The second-order valence-corrected chi connectivity index (χ2v) is 8.20. The molecule has 0 aliphatic carbocycles. The van der Waals surface area contributed by atoms with Gasteiger partial charge in [-0.15, -0.1) is 11.3 Å². The smallest absolute Gasteiger partial charge is 0.180 e. The number of para-hydroxylation sites is 1. The molecule has 114 valence electrons. The summed E-state index contributed by atoms with van der Waals surface area (Å²) in [6, 6.07) is 10.5. The number of thiophene rings is 1. The third-order valence-electron chi connectivity index (χ3n) is 3.28. The fourth-order valence-corrected chi connectivity index (χ4v) is 3.84. The summed E-state index contributed by atoms with van der Waals surface area (Å²) in [6.45, 7) is 3.57. The first-order chi connectivity index (χ1) is 9.87. The topological polar surface area (TPSA) is 66.4 Å². The molecule has 4 nitrogen and oxygen atoms in total. The minimum atomic E-state index is -3.29. The van der Waals surface area contributed by atoms with Gasteiger partial charge in [-0.2, -0.15) is 0 Å². The van der Waals surface area contributed by atoms with E-state index >= 15 is 0 Å². The molecule has 0 saturated heterocycles. The van der Waals surface area contributed by atoms with Crippen LogP contribution in [0.15, 0.2) is 46.7 Å². The Morgan fingerprint density at radius 3 is 2.57 bits per heavy atom. The lowest BCUT2D eigenvalue weighted by molar-refractivity contribution is 0.0754. The predicted octanol–water partition coefficient (Wildman–Crippen LogP) is 2.86. The summed E-state index contributed by atoms with van der Waals surface area (Å²) in [7, 11) is -3.29. The molecular formula is C15H19NO3S2. The van der Waals surface area contributed by atoms with Gasteiger partial charge >= 0.3 is 0 Å². The van der Waals surface area contributed by atoms with Gasteiger partial charge in [0.25, 0.3) is 0 Å². The lowest BCUT2D eigenvalue weighted by Crippen LogP contribution is -2.30. The van der Waals surface area contributed by atoms with Gasteiger partial charge in [-0.25, -0.2) is 8.42 Å². The molecule has 1 heterocycles. The fourth-order valence-electron chi connectivity index (χ4n) is 1.98. The van der Waals surface area contributed by atoms with Crippen molar-refractivity contribution in [3.05, 3.63) is 46.7 Å². The highest BCUT2D eigenvalue weighted by atomic mass is 32.2. The standard InChI is InChI=1S/C15H19NO3S2/c1-3-21(18,19)13-8-5-4-7-12(13)16-11-15(2,17)14-9-6-10-20-14/h4-10,16-17H,3,11H2,1-2H3/t15-/m1/s1. The molecule has 0 unspecified atom stereocenters. The molecular weight excluding hydrogens is 306 g/mol. The number of anilines is 1. The molecule has 0 radical (unpaired) electrons. The second-order valence-electron chi connectivity index (χ2n) is 5.00. The van der Waals surface area contributed by atoms with Crippen LogP contribution in [0.25, 0.3) is 0 Å². The molecule has 1 aromatic heterocycles. The van der Waals surface area contributed by atoms with E-state index in [-0.39, 0.29) is 17.2 Å². The minimum absolute atomic E-state index is 0.0486. The van der Waals surface area contributed by atoms with E-state index in [1.165, 1.54) is 11.3 Å². The fraction of sp³-hybridized carbons (Fsp3) is 0.333. The molecule has 2 rings (SSSR count). The van der Waals surface area contributed by atoms with Crippen molar-refractivity contribution >= 4 is 26.9 Å². The monoisotopic (exact) mass is 325 g/mol. The van der Waals surface area contributed by atoms with E-state index < -0.39 is 15.4 Å². The summed E-state index contributed by atoms with van der Waals surface area (Å²) in [5.74, 6) is 0.0486. The first-order valence-corrected chi connectivity index (χ1v) is 9.22. The zero-order valence-corrected chi connectivity index (χ0v) is 13.7. The van der Waals surface area contributed by atoms with E-state index in [2.05, 4.69) is 5.32 Å². The molecule has 0 spiro atoms. The van der Waals surface area contributed by atoms with Crippen LogP contribution in [-0.2, 0) is 15.4 Å². The number of rotatable bonds is 6. The van der Waals surface area contributed by atoms with Gasteiger partial charge in [0.1, 0.15) is 5.60 Å². The molecule has 0 aliphatic heterocycles. The van der Waals surface area contributed by atoms with Gasteiger partial charge in [0.2, 0.25) is 0 Å². The molecule has 0 amide bonds. The zero-order chi connectivity index (χ0) is 15.5. The van der Waals surface area contributed by atoms with Crippen molar-refractivity contribution in [3.63, 3.8) is 0 Å². The highest BCUT2D eigenvalue weighted by molar-refractivity contribution is 7.91. The highest BCUT2D eigenvalue weighted by Gasteiger charge is 2.25. The Balaban J connectivity index is 2.22. The van der Waals surface area contributed by atoms with E-state index in [0.29, 0.717) is 5.69 Å². The Hall–Kier alpha value is -1.37. The van der Waals surface area contributed by atoms with Crippen LogP contribution < -0.4 is 5.32 Å². The Morgan fingerprint density at radius 2 is 1.95 bits per heavy atom. The molecule has 6 heteroatoms. The summed E-state index contributed by atoms with van der Waals surface area (Å²) in [4.78, 5) is 1.11. The highest BCUT2D eigenvalue weighted by Crippen LogP contribution is 2.27. The summed E-state index contributed by atoms with van der Waals surface area (Å²) < 4.78 is 24.1. The average Bonchev–Trinajstić information content (AvgIpc) is 3.00. The van der Waals surface area contributed by atoms with Crippen LogP contribution in [0.4, 0.5) is 5.69 Å². The van der Waals surface area contributed by atoms with Gasteiger partial charge in [0, 0.05) is 11.4 Å². The summed E-state index contributed by atoms with van der Waals surface area (Å²) >= 11 is 1.47. The Morgan fingerprint density at radius 1 is 1.24 bits per heavy atom. The largest absolute Gasteiger partial charge is 0.383 e. The van der Waals surface area contributed by atoms with Crippen molar-refractivity contribution in [2.24, 2.45) is 0 Å². The van der Waals surface area contributed by atoms with Gasteiger partial charge in [-0.1, -0.05) is 25.1 Å². The van der Waals surface area contributed by atoms with Crippen molar-refractivity contribution in [1.29, 1.82) is 0 Å². The van der Waals surface area contributed by atoms with Gasteiger partial charge in [-0.05, 0) is 30.5 Å². The van der Waals surface area contributed by atoms with Crippen molar-refractivity contribution in [3.8, 4) is 0 Å². The summed E-state index contributed by atoms with van der Waals surface area (Å²) in [5.41, 5.74) is -0.520. The van der Waals surface area contributed by atoms with Crippen LogP contribution in [-0.4, -0.2) is 25.8 Å². The lowest BCUT2D eigenvalue weighted by Gasteiger charge is -2.23. The van der Waals surface area contributed by atoms with Crippen molar-refractivity contribution in [1.82, 2.24) is 0 Å². The van der Waals surface area contributed by atoms with Crippen molar-refractivity contribution < 1.29 is 13.5 Å². The number of nitrogens with one attached hydrogen (secondary N) is 1. The maximum Gasteiger partial charge on any atom is 0.180 e. The van der Waals surface area contributed by atoms with Gasteiger partial charge in [-0.3, -0.25) is 0 Å². The first-order valence-electron chi connectivity index (χ1n) is 6.69. The Labute approximate surface area is 129 Å². The molecule has 0 bridgehead atoms. The normalized spacial score (nSPS) is 14.6. The van der Waals surface area contributed by atoms with E-state index in [1.807, 2.05) is 17.5 Å². The first kappa shape index (κ1) is 16.0. The van der Waals surface area contributed by atoms with Gasteiger partial charge in [0.15, 0.2) is 9.84 Å². The maximum absolute atomic E-state index is 12.1. The van der Waals surface area contributed by atoms with Crippen molar-refractivity contribution in [2.75, 3.05) is 17.6 Å². The van der Waals surface area contributed by atoms with Gasteiger partial charge in [0.05, 0.1) is 16.3 Å². The molecule has 1 aromatic carbocycles. The molecule has 0 fully saturated rings. The number of hydrogen-bond acceptors (Lipinski definition) is 5. The molecule has 0 saturated carbocycles. The molecule has 21 heavy (non-hydrogen) atoms. The van der Waals surface area contributed by atoms with E-state index in [0.717, 1.165) is 4.88 Å². The van der Waals surface area contributed by atoms with Crippen LogP contribution in [0.5, 0.6) is 0 Å². The van der Waals surface area contributed by atoms with Crippen LogP contribution in [0, 0.1) is 0 Å².